The Morgan fingerprint density at radius 1 is 1.71 bits per heavy atom. The van der Waals surface area contributed by atoms with Crippen LogP contribution in [0.25, 0.3) is 0 Å². The summed E-state index contributed by atoms with van der Waals surface area (Å²) in [6.45, 7) is 1.69. The zero-order valence-electron chi connectivity index (χ0n) is 7.98. The molecule has 0 amide bonds. The van der Waals surface area contributed by atoms with Crippen molar-refractivity contribution in [1.29, 1.82) is 0 Å². The van der Waals surface area contributed by atoms with Gasteiger partial charge in [0.1, 0.15) is 5.82 Å². The van der Waals surface area contributed by atoms with Gasteiger partial charge in [-0.2, -0.15) is 4.72 Å². The Hall–Kier alpha value is -1.32. The smallest absolute Gasteiger partial charge is 0.260 e. The van der Waals surface area contributed by atoms with Gasteiger partial charge in [-0.3, -0.25) is 0 Å². The summed E-state index contributed by atoms with van der Waals surface area (Å²) in [6.07, 6.45) is 6.38. The molecule has 76 valence electrons. The summed E-state index contributed by atoms with van der Waals surface area (Å²) in [6, 6.07) is 0. The van der Waals surface area contributed by atoms with Gasteiger partial charge in [0.25, 0.3) is 10.0 Å². The highest BCUT2D eigenvalue weighted by Crippen LogP contribution is 2.06. The van der Waals surface area contributed by atoms with Crippen LogP contribution in [0.5, 0.6) is 0 Å². The predicted molar refractivity (Wildman–Crippen MR) is 52.0 cm³/mol. The molecule has 0 aliphatic carbocycles. The average Bonchev–Trinajstić information content (AvgIpc) is 2.45. The number of imidazole rings is 1. The fourth-order valence-electron chi connectivity index (χ4n) is 0.866. The molecule has 6 heteroatoms. The van der Waals surface area contributed by atoms with Crippen LogP contribution in [0.2, 0.25) is 0 Å². The lowest BCUT2D eigenvalue weighted by atomic mass is 10.7. The fraction of sp³-hybridized carbons (Fsp3) is 0.375. The van der Waals surface area contributed by atoms with Gasteiger partial charge in [0.2, 0.25) is 0 Å². The summed E-state index contributed by atoms with van der Waals surface area (Å²) in [5.74, 6) is 2.82. The summed E-state index contributed by atoms with van der Waals surface area (Å²) in [5, 5.41) is -0.00671. The molecule has 0 fully saturated rings. The predicted octanol–water partition coefficient (Wildman–Crippen LogP) is -0.360. The van der Waals surface area contributed by atoms with E-state index in [2.05, 4.69) is 15.6 Å². The first-order valence-corrected chi connectivity index (χ1v) is 5.39. The molecule has 0 aromatic carbocycles. The normalized spacial score (nSPS) is 11.2. The molecule has 0 unspecified atom stereocenters. The van der Waals surface area contributed by atoms with Gasteiger partial charge < -0.3 is 4.57 Å². The van der Waals surface area contributed by atoms with Crippen molar-refractivity contribution in [1.82, 2.24) is 14.3 Å². The molecule has 0 aliphatic rings. The van der Waals surface area contributed by atoms with Crippen LogP contribution in [-0.2, 0) is 17.1 Å². The number of aromatic nitrogens is 2. The van der Waals surface area contributed by atoms with Crippen molar-refractivity contribution in [2.24, 2.45) is 7.05 Å². The molecule has 14 heavy (non-hydrogen) atoms. The van der Waals surface area contributed by atoms with Crippen molar-refractivity contribution in [3.05, 3.63) is 12.0 Å². The number of aryl methyl sites for hydroxylation is 2. The van der Waals surface area contributed by atoms with Crippen LogP contribution in [0.4, 0.5) is 0 Å². The van der Waals surface area contributed by atoms with Crippen molar-refractivity contribution in [2.75, 3.05) is 6.54 Å². The minimum atomic E-state index is -3.55. The van der Waals surface area contributed by atoms with Crippen molar-refractivity contribution in [2.45, 2.75) is 11.9 Å². The van der Waals surface area contributed by atoms with Crippen LogP contribution in [0, 0.1) is 19.3 Å². The first-order valence-electron chi connectivity index (χ1n) is 3.90. The van der Waals surface area contributed by atoms with E-state index in [0.717, 1.165) is 0 Å². The third-order valence-electron chi connectivity index (χ3n) is 1.73. The number of terminal acetylenes is 1. The topological polar surface area (TPSA) is 64.0 Å². The van der Waals surface area contributed by atoms with Crippen molar-refractivity contribution in [3.63, 3.8) is 0 Å². The number of rotatable bonds is 3. The van der Waals surface area contributed by atoms with Crippen LogP contribution in [0.15, 0.2) is 11.2 Å². The van der Waals surface area contributed by atoms with E-state index in [-0.39, 0.29) is 11.6 Å². The van der Waals surface area contributed by atoms with Crippen LogP contribution in [0.1, 0.15) is 5.82 Å². The molecule has 1 aromatic heterocycles. The third-order valence-corrected chi connectivity index (χ3v) is 3.00. The highest BCUT2D eigenvalue weighted by Gasteiger charge is 2.16. The summed E-state index contributed by atoms with van der Waals surface area (Å²) in [5.41, 5.74) is 0. The van der Waals surface area contributed by atoms with E-state index in [1.54, 1.807) is 18.5 Å². The molecule has 5 nitrogen and oxygen atoms in total. The highest BCUT2D eigenvalue weighted by atomic mass is 32.2. The van der Waals surface area contributed by atoms with Crippen molar-refractivity contribution >= 4 is 10.0 Å². The number of hydrogen-bond acceptors (Lipinski definition) is 3. The number of sulfonamides is 1. The van der Waals surface area contributed by atoms with E-state index < -0.39 is 10.0 Å². The number of hydrogen-bond donors (Lipinski definition) is 1. The Morgan fingerprint density at radius 3 is 2.79 bits per heavy atom. The molecule has 0 spiro atoms. The van der Waals surface area contributed by atoms with Gasteiger partial charge >= 0.3 is 0 Å². The minimum Gasteiger partial charge on any atom is -0.337 e. The molecule has 1 rings (SSSR count). The molecular formula is C8H11N3O2S. The van der Waals surface area contributed by atoms with E-state index >= 15 is 0 Å². The molecule has 1 heterocycles. The number of nitrogens with zero attached hydrogens (tertiary/aromatic N) is 2. The lowest BCUT2D eigenvalue weighted by molar-refractivity contribution is 0.582. The van der Waals surface area contributed by atoms with E-state index in [0.29, 0.717) is 5.82 Å². The van der Waals surface area contributed by atoms with Crippen LogP contribution in [-0.4, -0.2) is 24.5 Å². The lowest BCUT2D eigenvalue weighted by Gasteiger charge is -1.98. The molecule has 0 saturated heterocycles. The van der Waals surface area contributed by atoms with Crippen molar-refractivity contribution in [3.8, 4) is 12.3 Å². The Morgan fingerprint density at radius 2 is 2.36 bits per heavy atom. The van der Waals surface area contributed by atoms with Gasteiger partial charge in [-0.1, -0.05) is 5.92 Å². The van der Waals surface area contributed by atoms with Crippen LogP contribution < -0.4 is 4.72 Å². The van der Waals surface area contributed by atoms with Gasteiger partial charge in [-0.25, -0.2) is 13.4 Å². The summed E-state index contributed by atoms with van der Waals surface area (Å²) < 4.78 is 26.8. The van der Waals surface area contributed by atoms with Gasteiger partial charge in [0.15, 0.2) is 5.03 Å². The zero-order valence-corrected chi connectivity index (χ0v) is 8.80. The second-order valence-electron chi connectivity index (χ2n) is 2.77. The summed E-state index contributed by atoms with van der Waals surface area (Å²) in [4.78, 5) is 3.88. The highest BCUT2D eigenvalue weighted by molar-refractivity contribution is 7.89. The van der Waals surface area contributed by atoms with Crippen molar-refractivity contribution < 1.29 is 8.42 Å². The average molecular weight is 213 g/mol. The molecule has 0 atom stereocenters. The van der Waals surface area contributed by atoms with Gasteiger partial charge in [0.05, 0.1) is 6.54 Å². The Kier molecular flexibility index (Phi) is 2.93. The monoisotopic (exact) mass is 213 g/mol. The first-order chi connectivity index (χ1) is 6.47. The standard InChI is InChI=1S/C8H11N3O2S/c1-4-5-9-14(12,13)8-6-11(3)7(2)10-8/h1,6,9H,5H2,2-3H3. The Bertz CT molecular complexity index is 448. The van der Waals surface area contributed by atoms with E-state index in [1.807, 2.05) is 0 Å². The van der Waals surface area contributed by atoms with E-state index in [4.69, 9.17) is 6.42 Å². The Balaban J connectivity index is 3.00. The van der Waals surface area contributed by atoms with Crippen LogP contribution in [0.3, 0.4) is 0 Å². The second kappa shape index (κ2) is 3.82. The van der Waals surface area contributed by atoms with Crippen LogP contribution >= 0.6 is 0 Å². The quantitative estimate of drug-likeness (QED) is 0.697. The lowest BCUT2D eigenvalue weighted by Crippen LogP contribution is -2.24. The molecule has 0 saturated carbocycles. The molecule has 1 aromatic rings. The first kappa shape index (κ1) is 10.8. The SMILES string of the molecule is C#CCNS(=O)(=O)c1cn(C)c(C)n1. The van der Waals surface area contributed by atoms with E-state index in [9.17, 15) is 8.42 Å². The minimum absolute atomic E-state index is 0.00671. The molecule has 0 radical (unpaired) electrons. The van der Waals surface area contributed by atoms with E-state index in [1.165, 1.54) is 6.20 Å². The Labute approximate surface area is 83.2 Å². The molecular weight excluding hydrogens is 202 g/mol. The maximum atomic E-state index is 11.5. The maximum Gasteiger partial charge on any atom is 0.260 e. The summed E-state index contributed by atoms with van der Waals surface area (Å²) >= 11 is 0. The van der Waals surface area contributed by atoms with Gasteiger partial charge in [-0.15, -0.1) is 6.42 Å². The second-order valence-corrected chi connectivity index (χ2v) is 4.48. The third kappa shape index (κ3) is 2.13. The largest absolute Gasteiger partial charge is 0.337 e. The molecule has 0 bridgehead atoms. The van der Waals surface area contributed by atoms with Gasteiger partial charge in [-0.05, 0) is 6.92 Å². The molecule has 0 aliphatic heterocycles. The fourth-order valence-corrected chi connectivity index (χ4v) is 1.84. The zero-order chi connectivity index (χ0) is 10.8. The maximum absolute atomic E-state index is 11.5. The number of nitrogens with one attached hydrogen (secondary N) is 1. The molecule has 1 N–H and O–H groups in total. The van der Waals surface area contributed by atoms with Gasteiger partial charge in [0, 0.05) is 13.2 Å². The summed E-state index contributed by atoms with van der Waals surface area (Å²) in [7, 11) is -1.82.